The van der Waals surface area contributed by atoms with E-state index in [1.54, 1.807) is 24.5 Å². The van der Waals surface area contributed by atoms with Crippen LogP contribution in [0, 0.1) is 0 Å². The summed E-state index contributed by atoms with van der Waals surface area (Å²) in [5, 5.41) is 4.06. The molecule has 26 heavy (non-hydrogen) atoms. The molecule has 7 heteroatoms. The van der Waals surface area contributed by atoms with Crippen molar-refractivity contribution in [3.8, 4) is 11.4 Å². The van der Waals surface area contributed by atoms with Gasteiger partial charge in [-0.1, -0.05) is 17.3 Å². The maximum atomic E-state index is 12.6. The Morgan fingerprint density at radius 2 is 1.85 bits per heavy atom. The number of piperidine rings is 1. The molecule has 3 aromatic rings. The molecule has 3 heterocycles. The summed E-state index contributed by atoms with van der Waals surface area (Å²) in [6, 6.07) is 10.9. The number of aromatic nitrogens is 3. The number of hydrogen-bond donors (Lipinski definition) is 1. The predicted molar refractivity (Wildman–Crippen MR) is 96.3 cm³/mol. The van der Waals surface area contributed by atoms with Crippen LogP contribution < -0.4 is 5.73 Å². The van der Waals surface area contributed by atoms with Gasteiger partial charge in [0.05, 0.1) is 5.56 Å². The highest BCUT2D eigenvalue weighted by Gasteiger charge is 2.28. The minimum absolute atomic E-state index is 0.0236. The number of carbonyl (C=O) groups excluding carboxylic acids is 1. The SMILES string of the molecule is Nc1ccccc1C(=O)N1CCC(c2nc(-c3ccncc3)no2)CC1. The molecule has 0 bridgehead atoms. The van der Waals surface area contributed by atoms with E-state index >= 15 is 0 Å². The molecule has 1 aliphatic rings. The van der Waals surface area contributed by atoms with Gasteiger partial charge in [0, 0.05) is 42.7 Å². The Kier molecular flexibility index (Phi) is 4.35. The van der Waals surface area contributed by atoms with Crippen molar-refractivity contribution in [2.75, 3.05) is 18.8 Å². The smallest absolute Gasteiger partial charge is 0.255 e. The van der Waals surface area contributed by atoms with Gasteiger partial charge in [-0.3, -0.25) is 9.78 Å². The maximum Gasteiger partial charge on any atom is 0.255 e. The fourth-order valence-corrected chi connectivity index (χ4v) is 3.21. The van der Waals surface area contributed by atoms with Crippen molar-refractivity contribution in [2.45, 2.75) is 18.8 Å². The van der Waals surface area contributed by atoms with Crippen LogP contribution in [0.3, 0.4) is 0 Å². The Hall–Kier alpha value is -3.22. The van der Waals surface area contributed by atoms with Crippen molar-refractivity contribution < 1.29 is 9.32 Å². The van der Waals surface area contributed by atoms with E-state index in [0.29, 0.717) is 36.1 Å². The lowest BCUT2D eigenvalue weighted by atomic mass is 9.96. The highest BCUT2D eigenvalue weighted by molar-refractivity contribution is 5.99. The molecule has 4 rings (SSSR count). The second-order valence-corrected chi connectivity index (χ2v) is 6.35. The average molecular weight is 349 g/mol. The van der Waals surface area contributed by atoms with E-state index in [2.05, 4.69) is 15.1 Å². The fourth-order valence-electron chi connectivity index (χ4n) is 3.21. The van der Waals surface area contributed by atoms with Gasteiger partial charge in [0.25, 0.3) is 5.91 Å². The number of likely N-dealkylation sites (tertiary alicyclic amines) is 1. The monoisotopic (exact) mass is 349 g/mol. The Labute approximate surface area is 150 Å². The number of nitrogens with zero attached hydrogens (tertiary/aromatic N) is 4. The molecule has 0 unspecified atom stereocenters. The zero-order valence-corrected chi connectivity index (χ0v) is 14.2. The molecule has 132 valence electrons. The van der Waals surface area contributed by atoms with Crippen LogP contribution in [0.2, 0.25) is 0 Å². The first kappa shape index (κ1) is 16.3. The number of anilines is 1. The molecule has 0 atom stereocenters. The number of rotatable bonds is 3. The minimum atomic E-state index is -0.0236. The van der Waals surface area contributed by atoms with Crippen molar-refractivity contribution in [2.24, 2.45) is 0 Å². The van der Waals surface area contributed by atoms with Gasteiger partial charge in [0.15, 0.2) is 0 Å². The van der Waals surface area contributed by atoms with Crippen LogP contribution in [-0.2, 0) is 0 Å². The summed E-state index contributed by atoms with van der Waals surface area (Å²) in [5.74, 6) is 1.33. The molecule has 1 aliphatic heterocycles. The van der Waals surface area contributed by atoms with Crippen molar-refractivity contribution in [1.29, 1.82) is 0 Å². The van der Waals surface area contributed by atoms with E-state index in [-0.39, 0.29) is 11.8 Å². The summed E-state index contributed by atoms with van der Waals surface area (Å²) in [6.07, 6.45) is 4.97. The number of nitrogen functional groups attached to an aromatic ring is 1. The van der Waals surface area contributed by atoms with Gasteiger partial charge in [0.1, 0.15) is 0 Å². The Morgan fingerprint density at radius 3 is 2.58 bits per heavy atom. The first-order chi connectivity index (χ1) is 12.7. The predicted octanol–water partition coefficient (Wildman–Crippen LogP) is 2.73. The normalized spacial score (nSPS) is 15.2. The molecule has 1 amide bonds. The van der Waals surface area contributed by atoms with E-state index in [1.807, 2.05) is 29.2 Å². The number of nitrogens with two attached hydrogens (primary N) is 1. The molecule has 0 saturated carbocycles. The van der Waals surface area contributed by atoms with Gasteiger partial charge >= 0.3 is 0 Å². The van der Waals surface area contributed by atoms with Gasteiger partial charge < -0.3 is 15.2 Å². The second-order valence-electron chi connectivity index (χ2n) is 6.35. The maximum absolute atomic E-state index is 12.6. The molecular weight excluding hydrogens is 330 g/mol. The lowest BCUT2D eigenvalue weighted by molar-refractivity contribution is 0.0705. The number of carbonyl (C=O) groups is 1. The van der Waals surface area contributed by atoms with Crippen LogP contribution in [0.15, 0.2) is 53.3 Å². The van der Waals surface area contributed by atoms with E-state index in [1.165, 1.54) is 0 Å². The third-order valence-electron chi connectivity index (χ3n) is 4.70. The zero-order valence-electron chi connectivity index (χ0n) is 14.2. The zero-order chi connectivity index (χ0) is 17.9. The van der Waals surface area contributed by atoms with Crippen molar-refractivity contribution in [3.63, 3.8) is 0 Å². The lowest BCUT2D eigenvalue weighted by Crippen LogP contribution is -2.38. The summed E-state index contributed by atoms with van der Waals surface area (Å²) in [5.41, 5.74) is 7.87. The molecule has 7 nitrogen and oxygen atoms in total. The summed E-state index contributed by atoms with van der Waals surface area (Å²) in [6.45, 7) is 1.29. The third-order valence-corrected chi connectivity index (χ3v) is 4.70. The number of hydrogen-bond acceptors (Lipinski definition) is 6. The second kappa shape index (κ2) is 6.95. The number of pyridine rings is 1. The summed E-state index contributed by atoms with van der Waals surface area (Å²) in [4.78, 5) is 23.0. The highest BCUT2D eigenvalue weighted by atomic mass is 16.5. The lowest BCUT2D eigenvalue weighted by Gasteiger charge is -2.30. The quantitative estimate of drug-likeness (QED) is 0.730. The molecule has 1 fully saturated rings. The molecule has 0 aliphatic carbocycles. The van der Waals surface area contributed by atoms with Gasteiger partial charge in [-0.25, -0.2) is 0 Å². The first-order valence-electron chi connectivity index (χ1n) is 8.60. The van der Waals surface area contributed by atoms with Crippen LogP contribution in [0.25, 0.3) is 11.4 Å². The highest BCUT2D eigenvalue weighted by Crippen LogP contribution is 2.29. The molecule has 2 aromatic heterocycles. The van der Waals surface area contributed by atoms with Gasteiger partial charge in [-0.2, -0.15) is 4.98 Å². The number of benzene rings is 1. The minimum Gasteiger partial charge on any atom is -0.398 e. The molecule has 1 saturated heterocycles. The van der Waals surface area contributed by atoms with Gasteiger partial charge in [0.2, 0.25) is 11.7 Å². The van der Waals surface area contributed by atoms with Crippen molar-refractivity contribution in [3.05, 3.63) is 60.2 Å². The van der Waals surface area contributed by atoms with E-state index in [4.69, 9.17) is 10.3 Å². The topological polar surface area (TPSA) is 98.1 Å². The molecular formula is C19H19N5O2. The Bertz CT molecular complexity index is 901. The summed E-state index contributed by atoms with van der Waals surface area (Å²) in [7, 11) is 0. The van der Waals surface area contributed by atoms with Crippen LogP contribution in [0.5, 0.6) is 0 Å². The largest absolute Gasteiger partial charge is 0.398 e. The van der Waals surface area contributed by atoms with Crippen LogP contribution >= 0.6 is 0 Å². The summed E-state index contributed by atoms with van der Waals surface area (Å²) < 4.78 is 5.45. The van der Waals surface area contributed by atoms with Crippen LogP contribution in [-0.4, -0.2) is 39.0 Å². The average Bonchev–Trinajstić information content (AvgIpc) is 3.19. The van der Waals surface area contributed by atoms with E-state index < -0.39 is 0 Å². The first-order valence-corrected chi connectivity index (χ1v) is 8.60. The van der Waals surface area contributed by atoms with E-state index in [0.717, 1.165) is 18.4 Å². The third kappa shape index (κ3) is 3.15. The van der Waals surface area contributed by atoms with Crippen LogP contribution in [0.1, 0.15) is 35.0 Å². The Morgan fingerprint density at radius 1 is 1.12 bits per heavy atom. The molecule has 1 aromatic carbocycles. The van der Waals surface area contributed by atoms with Crippen LogP contribution in [0.4, 0.5) is 5.69 Å². The van der Waals surface area contributed by atoms with Gasteiger partial charge in [-0.05, 0) is 37.1 Å². The fraction of sp³-hybridized carbons (Fsp3) is 0.263. The molecule has 0 spiro atoms. The molecule has 0 radical (unpaired) electrons. The summed E-state index contributed by atoms with van der Waals surface area (Å²) >= 11 is 0. The van der Waals surface area contributed by atoms with Crippen molar-refractivity contribution >= 4 is 11.6 Å². The number of amides is 1. The Balaban J connectivity index is 1.42. The number of para-hydroxylation sites is 1. The van der Waals surface area contributed by atoms with E-state index in [9.17, 15) is 4.79 Å². The van der Waals surface area contributed by atoms with Crippen molar-refractivity contribution in [1.82, 2.24) is 20.0 Å². The standard InChI is InChI=1S/C19H19N5O2/c20-16-4-2-1-3-15(16)19(25)24-11-7-14(8-12-24)18-22-17(23-26-18)13-5-9-21-10-6-13/h1-6,9-10,14H,7-8,11-12,20H2. The van der Waals surface area contributed by atoms with Gasteiger partial charge in [-0.15, -0.1) is 0 Å². The molecule has 2 N–H and O–H groups in total.